The van der Waals surface area contributed by atoms with Crippen molar-refractivity contribution in [3.63, 3.8) is 0 Å². The molecule has 186 valence electrons. The minimum Gasteiger partial charge on any atom is -0.481 e. The van der Waals surface area contributed by atoms with Crippen molar-refractivity contribution in [1.82, 2.24) is 0 Å². The molecule has 33 heavy (non-hydrogen) atoms. The highest BCUT2D eigenvalue weighted by molar-refractivity contribution is 5.76. The number of aliphatic carboxylic acids is 1. The summed E-state index contributed by atoms with van der Waals surface area (Å²) in [7, 11) is 0. The summed E-state index contributed by atoms with van der Waals surface area (Å²) >= 11 is 0. The third-order valence-corrected chi connectivity index (χ3v) is 13.0. The SMILES string of the molecule is CC1(C)CC[C@]2(C(=O)O)CC[C@]3(C)C4=C(CC[C@@]3(C)[C@@H]2C1)[C@@]1(C)CC[C@H](O)C(C)(C)[C@@H]1CC4. The first-order chi connectivity index (χ1) is 15.1. The molecule has 0 aliphatic heterocycles. The van der Waals surface area contributed by atoms with E-state index in [-0.39, 0.29) is 39.1 Å². The molecular formula is C30H48O3. The van der Waals surface area contributed by atoms with Gasteiger partial charge in [-0.3, -0.25) is 4.79 Å². The first-order valence-corrected chi connectivity index (χ1v) is 13.8. The molecule has 0 aromatic carbocycles. The summed E-state index contributed by atoms with van der Waals surface area (Å²) in [6.45, 7) is 16.9. The van der Waals surface area contributed by atoms with Crippen LogP contribution in [0, 0.1) is 44.3 Å². The number of hydrogen-bond acceptors (Lipinski definition) is 2. The van der Waals surface area contributed by atoms with Crippen LogP contribution in [0.1, 0.15) is 119 Å². The van der Waals surface area contributed by atoms with Gasteiger partial charge in [0, 0.05) is 0 Å². The number of allylic oxidation sites excluding steroid dienone is 2. The maximum atomic E-state index is 12.8. The van der Waals surface area contributed by atoms with E-state index in [1.54, 1.807) is 11.1 Å². The number of hydrogen-bond donors (Lipinski definition) is 2. The molecule has 3 nitrogen and oxygen atoms in total. The Hall–Kier alpha value is -0.830. The van der Waals surface area contributed by atoms with Crippen LogP contribution in [-0.2, 0) is 4.79 Å². The predicted octanol–water partition coefficient (Wildman–Crippen LogP) is 7.38. The Labute approximate surface area is 201 Å². The molecule has 0 saturated heterocycles. The van der Waals surface area contributed by atoms with Gasteiger partial charge in [0.15, 0.2) is 0 Å². The minimum atomic E-state index is -0.528. The number of carboxylic acids is 1. The lowest BCUT2D eigenvalue weighted by Crippen LogP contribution is -2.63. The third-order valence-electron chi connectivity index (χ3n) is 13.0. The number of fused-ring (bicyclic) bond motifs is 6. The van der Waals surface area contributed by atoms with Gasteiger partial charge in [-0.25, -0.2) is 0 Å². The molecular weight excluding hydrogens is 408 g/mol. The lowest BCUT2D eigenvalue weighted by Gasteiger charge is -2.69. The predicted molar refractivity (Wildman–Crippen MR) is 133 cm³/mol. The van der Waals surface area contributed by atoms with Crippen molar-refractivity contribution in [1.29, 1.82) is 0 Å². The van der Waals surface area contributed by atoms with E-state index >= 15 is 0 Å². The van der Waals surface area contributed by atoms with Gasteiger partial charge < -0.3 is 10.2 Å². The normalized spacial score (nSPS) is 50.5. The monoisotopic (exact) mass is 456 g/mol. The van der Waals surface area contributed by atoms with Crippen molar-refractivity contribution >= 4 is 5.97 Å². The molecule has 0 radical (unpaired) electrons. The van der Waals surface area contributed by atoms with Gasteiger partial charge in [-0.2, -0.15) is 0 Å². The van der Waals surface area contributed by atoms with Crippen LogP contribution in [0.4, 0.5) is 0 Å². The van der Waals surface area contributed by atoms with Crippen LogP contribution in [0.3, 0.4) is 0 Å². The van der Waals surface area contributed by atoms with Gasteiger partial charge in [0.1, 0.15) is 0 Å². The highest BCUT2D eigenvalue weighted by atomic mass is 16.4. The molecule has 0 bridgehead atoms. The molecule has 5 aliphatic rings. The van der Waals surface area contributed by atoms with Crippen molar-refractivity contribution in [3.05, 3.63) is 11.1 Å². The van der Waals surface area contributed by atoms with E-state index in [0.717, 1.165) is 64.2 Å². The van der Waals surface area contributed by atoms with Crippen molar-refractivity contribution in [3.8, 4) is 0 Å². The molecule has 3 heteroatoms. The average Bonchev–Trinajstić information content (AvgIpc) is 2.72. The van der Waals surface area contributed by atoms with Crippen LogP contribution < -0.4 is 0 Å². The molecule has 0 aromatic heterocycles. The van der Waals surface area contributed by atoms with Gasteiger partial charge in [0.2, 0.25) is 0 Å². The summed E-state index contributed by atoms with van der Waals surface area (Å²) in [6.07, 6.45) is 11.2. The minimum absolute atomic E-state index is 0.0361. The quantitative estimate of drug-likeness (QED) is 0.405. The van der Waals surface area contributed by atoms with Crippen molar-refractivity contribution in [2.75, 3.05) is 0 Å². The summed E-state index contributed by atoms with van der Waals surface area (Å²) in [5.41, 5.74) is 3.44. The second-order valence-electron chi connectivity index (χ2n) is 15.0. The molecule has 0 heterocycles. The first kappa shape index (κ1) is 23.9. The van der Waals surface area contributed by atoms with E-state index < -0.39 is 11.4 Å². The summed E-state index contributed by atoms with van der Waals surface area (Å²) in [6, 6.07) is 0. The van der Waals surface area contributed by atoms with Gasteiger partial charge in [-0.1, -0.05) is 59.6 Å². The Balaban J connectivity index is 1.61. The topological polar surface area (TPSA) is 57.5 Å². The van der Waals surface area contributed by atoms with Crippen molar-refractivity contribution in [2.24, 2.45) is 44.3 Å². The van der Waals surface area contributed by atoms with Crippen molar-refractivity contribution in [2.45, 2.75) is 125 Å². The molecule has 0 aromatic rings. The van der Waals surface area contributed by atoms with Gasteiger partial charge >= 0.3 is 5.97 Å². The Bertz CT molecular complexity index is 898. The fourth-order valence-electron chi connectivity index (χ4n) is 10.5. The summed E-state index contributed by atoms with van der Waals surface area (Å²) in [5, 5.41) is 21.4. The van der Waals surface area contributed by atoms with Gasteiger partial charge in [-0.15, -0.1) is 0 Å². The average molecular weight is 457 g/mol. The summed E-state index contributed by atoms with van der Waals surface area (Å²) in [5.74, 6) is 0.273. The van der Waals surface area contributed by atoms with Gasteiger partial charge in [0.05, 0.1) is 11.5 Å². The van der Waals surface area contributed by atoms with Crippen molar-refractivity contribution < 1.29 is 15.0 Å². The van der Waals surface area contributed by atoms with Gasteiger partial charge in [0.25, 0.3) is 0 Å². The zero-order valence-corrected chi connectivity index (χ0v) is 22.3. The van der Waals surface area contributed by atoms with Crippen LogP contribution in [0.25, 0.3) is 0 Å². The highest BCUT2D eigenvalue weighted by Gasteiger charge is 2.68. The second-order valence-corrected chi connectivity index (χ2v) is 15.0. The molecule has 0 spiro atoms. The fraction of sp³-hybridized carbons (Fsp3) is 0.900. The number of rotatable bonds is 1. The van der Waals surface area contributed by atoms with Crippen LogP contribution in [-0.4, -0.2) is 22.3 Å². The third kappa shape index (κ3) is 2.87. The maximum absolute atomic E-state index is 12.8. The Morgan fingerprint density at radius 2 is 1.45 bits per heavy atom. The molecule has 3 fully saturated rings. The smallest absolute Gasteiger partial charge is 0.309 e. The van der Waals surface area contributed by atoms with Crippen LogP contribution in [0.2, 0.25) is 0 Å². The zero-order valence-electron chi connectivity index (χ0n) is 22.3. The molecule has 0 amide bonds. The molecule has 0 unspecified atom stereocenters. The maximum Gasteiger partial charge on any atom is 0.309 e. The van der Waals surface area contributed by atoms with E-state index in [0.29, 0.717) is 5.92 Å². The molecule has 5 aliphatic carbocycles. The van der Waals surface area contributed by atoms with E-state index in [1.807, 2.05) is 0 Å². The summed E-state index contributed by atoms with van der Waals surface area (Å²) < 4.78 is 0. The van der Waals surface area contributed by atoms with Gasteiger partial charge in [-0.05, 0) is 110 Å². The molecule has 5 rings (SSSR count). The molecule has 3 saturated carbocycles. The lowest BCUT2D eigenvalue weighted by atomic mass is 9.35. The number of carboxylic acid groups (broad SMARTS) is 1. The lowest BCUT2D eigenvalue weighted by molar-refractivity contribution is -0.191. The second kappa shape index (κ2) is 6.89. The van der Waals surface area contributed by atoms with E-state index in [1.165, 1.54) is 6.42 Å². The summed E-state index contributed by atoms with van der Waals surface area (Å²) in [4.78, 5) is 12.8. The fourth-order valence-corrected chi connectivity index (χ4v) is 10.5. The Morgan fingerprint density at radius 3 is 2.12 bits per heavy atom. The first-order valence-electron chi connectivity index (χ1n) is 13.8. The van der Waals surface area contributed by atoms with Crippen LogP contribution in [0.15, 0.2) is 11.1 Å². The van der Waals surface area contributed by atoms with E-state index in [2.05, 4.69) is 48.5 Å². The van der Waals surface area contributed by atoms with Crippen LogP contribution >= 0.6 is 0 Å². The van der Waals surface area contributed by atoms with E-state index in [4.69, 9.17) is 0 Å². The largest absolute Gasteiger partial charge is 0.481 e. The zero-order chi connectivity index (χ0) is 24.2. The standard InChI is InChI=1S/C30H48O3/c1-25(2)14-16-30(24(32)33)17-15-28(6)20-8-9-21-26(3,4)23(31)11-12-27(21,5)19(20)10-13-29(28,7)22(30)18-25/h21-23,31H,8-18H2,1-7H3,(H,32,33)/t21-,22-,23-,27+,28+,29-,30-/m0/s1. The Morgan fingerprint density at radius 1 is 0.788 bits per heavy atom. The van der Waals surface area contributed by atoms with Crippen LogP contribution in [0.5, 0.6) is 0 Å². The molecule has 7 atom stereocenters. The number of aliphatic hydroxyl groups is 1. The number of carbonyl (C=O) groups is 1. The number of aliphatic hydroxyl groups excluding tert-OH is 1. The highest BCUT2D eigenvalue weighted by Crippen LogP contribution is 2.75. The molecule has 2 N–H and O–H groups in total. The van der Waals surface area contributed by atoms with E-state index in [9.17, 15) is 15.0 Å². The Kier molecular flexibility index (Phi) is 4.99.